The van der Waals surface area contributed by atoms with E-state index in [1.54, 1.807) is 39.9 Å². The molecule has 0 N–H and O–H groups in total. The molecule has 3 aromatic rings. The van der Waals surface area contributed by atoms with Crippen LogP contribution in [0.5, 0.6) is 0 Å². The molecule has 1 saturated heterocycles. The average molecular weight is 543 g/mol. The summed E-state index contributed by atoms with van der Waals surface area (Å²) in [5, 5.41) is 1.00. The van der Waals surface area contributed by atoms with Crippen molar-refractivity contribution in [3.05, 3.63) is 53.1 Å². The maximum atomic E-state index is 13.2. The molecule has 7 nitrogen and oxygen atoms in total. The molecule has 0 atom stereocenters. The standard InChI is InChI=1S/C28H38N4O3S2/c1-5-7-13-32(14-8-6-2)37(34,35)24-11-9-23(10-12-24)27(33)30-15-17-31(18-16-30)28-29-26-22(4)19-21(3)20-25(26)36-28/h9-12,19-20H,5-8,13-18H2,1-4H3. The van der Waals surface area contributed by atoms with Crippen LogP contribution in [-0.4, -0.2) is 67.8 Å². The molecule has 0 aliphatic carbocycles. The molecule has 37 heavy (non-hydrogen) atoms. The molecular weight excluding hydrogens is 504 g/mol. The lowest BCUT2D eigenvalue weighted by Gasteiger charge is -2.34. The monoisotopic (exact) mass is 542 g/mol. The number of benzene rings is 2. The third kappa shape index (κ3) is 6.16. The van der Waals surface area contributed by atoms with E-state index in [0.29, 0.717) is 31.7 Å². The molecule has 2 heterocycles. The highest BCUT2D eigenvalue weighted by Gasteiger charge is 2.26. The van der Waals surface area contributed by atoms with E-state index in [-0.39, 0.29) is 10.8 Å². The van der Waals surface area contributed by atoms with Crippen LogP contribution in [0.15, 0.2) is 41.3 Å². The molecule has 0 saturated carbocycles. The Bertz CT molecular complexity index is 1320. The number of rotatable bonds is 10. The number of hydrogen-bond donors (Lipinski definition) is 0. The molecule has 0 radical (unpaired) electrons. The van der Waals surface area contributed by atoms with Crippen molar-refractivity contribution in [3.63, 3.8) is 0 Å². The molecule has 2 aromatic carbocycles. The zero-order chi connectivity index (χ0) is 26.6. The van der Waals surface area contributed by atoms with Gasteiger partial charge in [-0.3, -0.25) is 4.79 Å². The van der Waals surface area contributed by atoms with Crippen molar-refractivity contribution < 1.29 is 13.2 Å². The molecule has 200 valence electrons. The normalized spacial score (nSPS) is 14.6. The SMILES string of the molecule is CCCCN(CCCC)S(=O)(=O)c1ccc(C(=O)N2CCN(c3nc4c(C)cc(C)cc4s3)CC2)cc1. The third-order valence-electron chi connectivity index (χ3n) is 6.92. The van der Waals surface area contributed by atoms with E-state index in [2.05, 4.69) is 44.7 Å². The number of thiazole rings is 1. The molecule has 1 aliphatic rings. The van der Waals surface area contributed by atoms with Gasteiger partial charge in [0.15, 0.2) is 5.13 Å². The van der Waals surface area contributed by atoms with E-state index >= 15 is 0 Å². The lowest BCUT2D eigenvalue weighted by molar-refractivity contribution is 0.0746. The molecule has 4 rings (SSSR count). The first-order chi connectivity index (χ1) is 17.7. The first-order valence-corrected chi connectivity index (χ1v) is 15.5. The Kier molecular flexibility index (Phi) is 8.87. The van der Waals surface area contributed by atoms with Crippen LogP contribution >= 0.6 is 11.3 Å². The molecule has 1 aliphatic heterocycles. The van der Waals surface area contributed by atoms with E-state index in [0.717, 1.165) is 49.4 Å². The van der Waals surface area contributed by atoms with Crippen LogP contribution in [-0.2, 0) is 10.0 Å². The fourth-order valence-corrected chi connectivity index (χ4v) is 7.43. The fraction of sp³-hybridized carbons (Fsp3) is 0.500. The van der Waals surface area contributed by atoms with Gasteiger partial charge >= 0.3 is 0 Å². The van der Waals surface area contributed by atoms with Gasteiger partial charge in [0.1, 0.15) is 0 Å². The number of amides is 1. The van der Waals surface area contributed by atoms with Crippen LogP contribution in [0, 0.1) is 13.8 Å². The van der Waals surface area contributed by atoms with E-state index in [4.69, 9.17) is 4.98 Å². The number of carbonyl (C=O) groups excluding carboxylic acids is 1. The fourth-order valence-electron chi connectivity index (χ4n) is 4.72. The number of fused-ring (bicyclic) bond motifs is 1. The number of aryl methyl sites for hydroxylation is 2. The van der Waals surface area contributed by atoms with Crippen LogP contribution in [0.1, 0.15) is 61.0 Å². The molecular formula is C28H38N4O3S2. The van der Waals surface area contributed by atoms with Crippen LogP contribution in [0.25, 0.3) is 10.2 Å². The van der Waals surface area contributed by atoms with Gasteiger partial charge < -0.3 is 9.80 Å². The van der Waals surface area contributed by atoms with Crippen LogP contribution in [0.4, 0.5) is 5.13 Å². The van der Waals surface area contributed by atoms with E-state index < -0.39 is 10.0 Å². The summed E-state index contributed by atoms with van der Waals surface area (Å²) in [6, 6.07) is 10.8. The number of anilines is 1. The maximum Gasteiger partial charge on any atom is 0.253 e. The van der Waals surface area contributed by atoms with Gasteiger partial charge in [-0.25, -0.2) is 13.4 Å². The van der Waals surface area contributed by atoms with Crippen molar-refractivity contribution in [3.8, 4) is 0 Å². The second kappa shape index (κ2) is 11.9. The molecule has 0 bridgehead atoms. The molecule has 1 amide bonds. The van der Waals surface area contributed by atoms with Crippen molar-refractivity contribution >= 4 is 42.6 Å². The number of nitrogens with zero attached hydrogens (tertiary/aromatic N) is 4. The zero-order valence-electron chi connectivity index (χ0n) is 22.4. The van der Waals surface area contributed by atoms with Gasteiger partial charge in [0.2, 0.25) is 10.0 Å². The lowest BCUT2D eigenvalue weighted by atomic mass is 10.1. The Balaban J connectivity index is 1.40. The molecule has 0 unspecified atom stereocenters. The Morgan fingerprint density at radius 2 is 1.59 bits per heavy atom. The van der Waals surface area contributed by atoms with Gasteiger partial charge in [0.05, 0.1) is 15.1 Å². The van der Waals surface area contributed by atoms with Gasteiger partial charge in [-0.15, -0.1) is 0 Å². The van der Waals surface area contributed by atoms with E-state index in [1.165, 1.54) is 15.8 Å². The van der Waals surface area contributed by atoms with Crippen molar-refractivity contribution in [1.82, 2.24) is 14.2 Å². The van der Waals surface area contributed by atoms with E-state index in [9.17, 15) is 13.2 Å². The Morgan fingerprint density at radius 1 is 0.973 bits per heavy atom. The topological polar surface area (TPSA) is 73.8 Å². The third-order valence-corrected chi connectivity index (χ3v) is 9.89. The van der Waals surface area contributed by atoms with Crippen molar-refractivity contribution in [2.45, 2.75) is 58.3 Å². The summed E-state index contributed by atoms with van der Waals surface area (Å²) in [4.78, 5) is 22.4. The summed E-state index contributed by atoms with van der Waals surface area (Å²) in [6.07, 6.45) is 3.55. The van der Waals surface area contributed by atoms with Gasteiger partial charge in [0.25, 0.3) is 5.91 Å². The molecule has 1 aromatic heterocycles. The Hall–Kier alpha value is -2.49. The smallest absolute Gasteiger partial charge is 0.253 e. The van der Waals surface area contributed by atoms with Crippen molar-refractivity contribution in [2.75, 3.05) is 44.2 Å². The van der Waals surface area contributed by atoms with Crippen LogP contribution < -0.4 is 4.90 Å². The Labute approximate surface area is 225 Å². The predicted molar refractivity (Wildman–Crippen MR) is 152 cm³/mol. The minimum absolute atomic E-state index is 0.0619. The van der Waals surface area contributed by atoms with Gasteiger partial charge in [-0.1, -0.05) is 44.1 Å². The quantitative estimate of drug-likeness (QED) is 0.340. The Morgan fingerprint density at radius 3 is 2.19 bits per heavy atom. The number of sulfonamides is 1. The molecule has 1 fully saturated rings. The molecule has 0 spiro atoms. The second-order valence-corrected chi connectivity index (χ2v) is 12.8. The maximum absolute atomic E-state index is 13.2. The summed E-state index contributed by atoms with van der Waals surface area (Å²) in [6.45, 7) is 12.0. The van der Waals surface area contributed by atoms with Gasteiger partial charge in [-0.2, -0.15) is 4.31 Å². The summed E-state index contributed by atoms with van der Waals surface area (Å²) < 4.78 is 29.2. The lowest BCUT2D eigenvalue weighted by Crippen LogP contribution is -2.48. The first kappa shape index (κ1) is 27.5. The minimum atomic E-state index is -3.57. The summed E-state index contributed by atoms with van der Waals surface area (Å²) >= 11 is 1.70. The van der Waals surface area contributed by atoms with Crippen molar-refractivity contribution in [1.29, 1.82) is 0 Å². The summed E-state index contributed by atoms with van der Waals surface area (Å²) in [5.74, 6) is -0.0619. The largest absolute Gasteiger partial charge is 0.345 e. The highest BCUT2D eigenvalue weighted by molar-refractivity contribution is 7.89. The number of aromatic nitrogens is 1. The number of piperazine rings is 1. The summed E-state index contributed by atoms with van der Waals surface area (Å²) in [5.41, 5.74) is 4.01. The zero-order valence-corrected chi connectivity index (χ0v) is 24.0. The minimum Gasteiger partial charge on any atom is -0.345 e. The average Bonchev–Trinajstić information content (AvgIpc) is 3.33. The predicted octanol–water partition coefficient (Wildman–Crippen LogP) is 5.47. The highest BCUT2D eigenvalue weighted by atomic mass is 32.2. The van der Waals surface area contributed by atoms with Gasteiger partial charge in [-0.05, 0) is 68.1 Å². The van der Waals surface area contributed by atoms with Crippen LogP contribution in [0.2, 0.25) is 0 Å². The van der Waals surface area contributed by atoms with Gasteiger partial charge in [0, 0.05) is 44.8 Å². The number of hydrogen-bond acceptors (Lipinski definition) is 6. The van der Waals surface area contributed by atoms with E-state index in [1.807, 2.05) is 4.90 Å². The molecule has 9 heteroatoms. The second-order valence-electron chi connectivity index (χ2n) is 9.84. The van der Waals surface area contributed by atoms with Crippen molar-refractivity contribution in [2.24, 2.45) is 0 Å². The number of carbonyl (C=O) groups is 1. The number of unbranched alkanes of at least 4 members (excludes halogenated alkanes) is 2. The van der Waals surface area contributed by atoms with Crippen LogP contribution in [0.3, 0.4) is 0 Å². The summed E-state index contributed by atoms with van der Waals surface area (Å²) in [7, 11) is -3.57. The first-order valence-electron chi connectivity index (χ1n) is 13.3. The highest BCUT2D eigenvalue weighted by Crippen LogP contribution is 2.32.